The van der Waals surface area contributed by atoms with Gasteiger partial charge in [-0.15, -0.1) is 13.2 Å². The lowest BCUT2D eigenvalue weighted by molar-refractivity contribution is -0.274. The van der Waals surface area contributed by atoms with Crippen LogP contribution in [0.15, 0.2) is 36.4 Å². The first-order valence-corrected chi connectivity index (χ1v) is 8.24. The number of benzene rings is 2. The van der Waals surface area contributed by atoms with E-state index in [4.69, 9.17) is 0 Å². The summed E-state index contributed by atoms with van der Waals surface area (Å²) in [7, 11) is 1.77. The molecule has 1 unspecified atom stereocenters. The molecule has 142 valence electrons. The fourth-order valence-corrected chi connectivity index (χ4v) is 2.94. The number of nitrogens with one attached hydrogen (secondary N) is 1. The van der Waals surface area contributed by atoms with Crippen molar-refractivity contribution in [3.05, 3.63) is 53.1 Å². The summed E-state index contributed by atoms with van der Waals surface area (Å²) >= 11 is 0. The van der Waals surface area contributed by atoms with Crippen LogP contribution in [0.2, 0.25) is 0 Å². The molecular weight excluding hydrogens is 347 g/mol. The van der Waals surface area contributed by atoms with Gasteiger partial charge in [-0.1, -0.05) is 25.1 Å². The third-order valence-corrected chi connectivity index (χ3v) is 4.03. The fourth-order valence-electron chi connectivity index (χ4n) is 2.94. The lowest BCUT2D eigenvalue weighted by Crippen LogP contribution is -2.17. The maximum absolute atomic E-state index is 12.3. The maximum Gasteiger partial charge on any atom is 0.573 e. The van der Waals surface area contributed by atoms with E-state index in [2.05, 4.69) is 10.1 Å². The van der Waals surface area contributed by atoms with Gasteiger partial charge in [0.15, 0.2) is 0 Å². The molecule has 2 aromatic carbocycles. The van der Waals surface area contributed by atoms with E-state index in [-0.39, 0.29) is 12.4 Å². The summed E-state index contributed by atoms with van der Waals surface area (Å²) in [6.45, 7) is 2.05. The van der Waals surface area contributed by atoms with E-state index in [1.807, 2.05) is 19.1 Å². The number of alkyl halides is 3. The highest BCUT2D eigenvalue weighted by atomic mass is 19.4. The number of hydrogen-bond donors (Lipinski definition) is 3. The Kier molecular flexibility index (Phi) is 6.63. The van der Waals surface area contributed by atoms with Crippen LogP contribution < -0.4 is 10.1 Å². The van der Waals surface area contributed by atoms with Gasteiger partial charge in [-0.05, 0) is 59.5 Å². The van der Waals surface area contributed by atoms with Gasteiger partial charge in [-0.25, -0.2) is 0 Å². The molecular formula is C19H22F3NO3. The number of hydrogen-bond acceptors (Lipinski definition) is 4. The number of aliphatic hydroxyl groups excluding tert-OH is 2. The number of aryl methyl sites for hydroxylation is 1. The zero-order valence-corrected chi connectivity index (χ0v) is 14.6. The van der Waals surface area contributed by atoms with E-state index in [9.17, 15) is 23.4 Å². The molecule has 0 radical (unpaired) electrons. The summed E-state index contributed by atoms with van der Waals surface area (Å²) in [5, 5.41) is 22.5. The van der Waals surface area contributed by atoms with Crippen molar-refractivity contribution in [2.45, 2.75) is 32.4 Å². The molecule has 0 bridgehead atoms. The van der Waals surface area contributed by atoms with E-state index >= 15 is 0 Å². The van der Waals surface area contributed by atoms with Gasteiger partial charge in [-0.2, -0.15) is 0 Å². The number of halogens is 3. The SMILES string of the molecule is CCc1cc(-c2ccc(OC(F)(F)F)cc2)cc(CNC)c1C(O)CO. The summed E-state index contributed by atoms with van der Waals surface area (Å²) < 4.78 is 40.7. The minimum atomic E-state index is -4.72. The first kappa shape index (κ1) is 20.2. The van der Waals surface area contributed by atoms with Crippen molar-refractivity contribution in [3.63, 3.8) is 0 Å². The van der Waals surface area contributed by atoms with E-state index in [0.717, 1.165) is 22.3 Å². The fraction of sp³-hybridized carbons (Fsp3) is 0.368. The van der Waals surface area contributed by atoms with Crippen LogP contribution in [0.5, 0.6) is 5.75 Å². The molecule has 7 heteroatoms. The van der Waals surface area contributed by atoms with E-state index in [1.165, 1.54) is 12.1 Å². The highest BCUT2D eigenvalue weighted by Gasteiger charge is 2.31. The summed E-state index contributed by atoms with van der Waals surface area (Å²) in [5.74, 6) is -0.278. The second-order valence-corrected chi connectivity index (χ2v) is 5.86. The molecule has 0 aliphatic rings. The Hall–Kier alpha value is -2.09. The monoisotopic (exact) mass is 369 g/mol. The van der Waals surface area contributed by atoms with Crippen LogP contribution in [0, 0.1) is 0 Å². The number of ether oxygens (including phenoxy) is 1. The maximum atomic E-state index is 12.3. The van der Waals surface area contributed by atoms with E-state index in [0.29, 0.717) is 18.5 Å². The van der Waals surface area contributed by atoms with Crippen LogP contribution in [-0.2, 0) is 13.0 Å². The summed E-state index contributed by atoms with van der Waals surface area (Å²) in [5.41, 5.74) is 3.95. The molecule has 2 rings (SSSR count). The van der Waals surface area contributed by atoms with Gasteiger partial charge in [0.25, 0.3) is 0 Å². The van der Waals surface area contributed by atoms with Crippen LogP contribution in [0.25, 0.3) is 11.1 Å². The van der Waals surface area contributed by atoms with E-state index < -0.39 is 12.5 Å². The molecule has 0 aromatic heterocycles. The molecule has 3 N–H and O–H groups in total. The van der Waals surface area contributed by atoms with Gasteiger partial charge in [0, 0.05) is 6.54 Å². The Morgan fingerprint density at radius 3 is 2.19 bits per heavy atom. The van der Waals surface area contributed by atoms with Crippen molar-refractivity contribution >= 4 is 0 Å². The third-order valence-electron chi connectivity index (χ3n) is 4.03. The number of aliphatic hydroxyl groups is 2. The predicted octanol–water partition coefficient (Wildman–Crippen LogP) is 3.56. The summed E-state index contributed by atoms with van der Waals surface area (Å²) in [6, 6.07) is 9.39. The van der Waals surface area contributed by atoms with Gasteiger partial charge in [0.05, 0.1) is 6.61 Å². The Morgan fingerprint density at radius 1 is 1.08 bits per heavy atom. The second kappa shape index (κ2) is 8.53. The molecule has 0 spiro atoms. The topological polar surface area (TPSA) is 61.7 Å². The third kappa shape index (κ3) is 4.97. The lowest BCUT2D eigenvalue weighted by Gasteiger charge is -2.20. The van der Waals surface area contributed by atoms with Crippen LogP contribution >= 0.6 is 0 Å². The van der Waals surface area contributed by atoms with Gasteiger partial charge in [0.2, 0.25) is 0 Å². The Balaban J connectivity index is 2.44. The largest absolute Gasteiger partial charge is 0.573 e. The van der Waals surface area contributed by atoms with Crippen molar-refractivity contribution in [2.24, 2.45) is 0 Å². The van der Waals surface area contributed by atoms with Crippen molar-refractivity contribution in [3.8, 4) is 16.9 Å². The Labute approximate surface area is 150 Å². The van der Waals surface area contributed by atoms with Gasteiger partial charge >= 0.3 is 6.36 Å². The second-order valence-electron chi connectivity index (χ2n) is 5.86. The Morgan fingerprint density at radius 2 is 1.69 bits per heavy atom. The standard InChI is InChI=1S/C19H22F3NO3/c1-3-12-8-14(9-15(10-23-2)18(12)17(25)11-24)13-4-6-16(7-5-13)26-19(20,21)22/h4-9,17,23-25H,3,10-11H2,1-2H3. The average Bonchev–Trinajstić information content (AvgIpc) is 2.60. The van der Waals surface area contributed by atoms with Crippen molar-refractivity contribution < 1.29 is 28.1 Å². The number of rotatable bonds is 7. The molecule has 0 aliphatic heterocycles. The van der Waals surface area contributed by atoms with Gasteiger partial charge in [0.1, 0.15) is 11.9 Å². The van der Waals surface area contributed by atoms with E-state index in [1.54, 1.807) is 19.2 Å². The quantitative estimate of drug-likeness (QED) is 0.698. The normalized spacial score (nSPS) is 12.9. The Bertz CT molecular complexity index is 730. The van der Waals surface area contributed by atoms with Crippen LogP contribution in [-0.4, -0.2) is 30.2 Å². The average molecular weight is 369 g/mol. The predicted molar refractivity (Wildman–Crippen MR) is 92.7 cm³/mol. The molecule has 0 saturated heterocycles. The zero-order valence-electron chi connectivity index (χ0n) is 14.6. The smallest absolute Gasteiger partial charge is 0.406 e. The van der Waals surface area contributed by atoms with Crippen LogP contribution in [0.1, 0.15) is 29.7 Å². The van der Waals surface area contributed by atoms with Gasteiger partial charge in [-0.3, -0.25) is 0 Å². The zero-order chi connectivity index (χ0) is 19.3. The van der Waals surface area contributed by atoms with Gasteiger partial charge < -0.3 is 20.3 Å². The lowest BCUT2D eigenvalue weighted by atomic mass is 9.90. The summed E-state index contributed by atoms with van der Waals surface area (Å²) in [6.07, 6.45) is -5.06. The first-order valence-electron chi connectivity index (χ1n) is 8.24. The minimum Gasteiger partial charge on any atom is -0.406 e. The molecule has 4 nitrogen and oxygen atoms in total. The first-order chi connectivity index (χ1) is 12.3. The summed E-state index contributed by atoms with van der Waals surface area (Å²) in [4.78, 5) is 0. The van der Waals surface area contributed by atoms with Crippen LogP contribution in [0.3, 0.4) is 0 Å². The molecule has 2 aromatic rings. The van der Waals surface area contributed by atoms with Crippen LogP contribution in [0.4, 0.5) is 13.2 Å². The molecule has 0 aliphatic carbocycles. The van der Waals surface area contributed by atoms with Crippen molar-refractivity contribution in [1.82, 2.24) is 5.32 Å². The molecule has 0 amide bonds. The highest BCUT2D eigenvalue weighted by molar-refractivity contribution is 5.67. The molecule has 1 atom stereocenters. The molecule has 0 heterocycles. The molecule has 26 heavy (non-hydrogen) atoms. The highest BCUT2D eigenvalue weighted by Crippen LogP contribution is 2.32. The van der Waals surface area contributed by atoms with Crippen molar-refractivity contribution in [2.75, 3.05) is 13.7 Å². The molecule has 0 saturated carbocycles. The minimum absolute atomic E-state index is 0.278. The molecule has 0 fully saturated rings. The van der Waals surface area contributed by atoms with Crippen molar-refractivity contribution in [1.29, 1.82) is 0 Å².